The Morgan fingerprint density at radius 1 is 1.56 bits per heavy atom. The lowest BCUT2D eigenvalue weighted by atomic mass is 10.3. The summed E-state index contributed by atoms with van der Waals surface area (Å²) >= 11 is 0. The summed E-state index contributed by atoms with van der Waals surface area (Å²) in [5, 5.41) is 8.63. The largest absolute Gasteiger partial charge is 0.477 e. The zero-order valence-electron chi connectivity index (χ0n) is 8.86. The van der Waals surface area contributed by atoms with Gasteiger partial charge in [-0.25, -0.2) is 17.9 Å². The molecule has 0 fully saturated rings. The molecule has 16 heavy (non-hydrogen) atoms. The molecular formula is C9H14N2O4S. The topological polar surface area (TPSA) is 99.3 Å². The minimum atomic E-state index is -3.59. The van der Waals surface area contributed by atoms with E-state index < -0.39 is 16.0 Å². The van der Waals surface area contributed by atoms with Gasteiger partial charge in [-0.05, 0) is 12.5 Å². The average molecular weight is 246 g/mol. The minimum Gasteiger partial charge on any atom is -0.477 e. The van der Waals surface area contributed by atoms with Gasteiger partial charge < -0.3 is 10.1 Å². The highest BCUT2D eigenvalue weighted by Crippen LogP contribution is 2.10. The molecule has 0 atom stereocenters. The maximum Gasteiger partial charge on any atom is 0.352 e. The van der Waals surface area contributed by atoms with Gasteiger partial charge >= 0.3 is 5.97 Å². The number of nitrogens with one attached hydrogen (secondary N) is 2. The number of carboxylic acids is 1. The molecule has 1 rings (SSSR count). The molecule has 0 unspecified atom stereocenters. The molecule has 1 aromatic rings. The lowest BCUT2D eigenvalue weighted by Crippen LogP contribution is -2.24. The van der Waals surface area contributed by atoms with Crippen molar-refractivity contribution in [1.82, 2.24) is 9.71 Å². The van der Waals surface area contributed by atoms with E-state index in [-0.39, 0.29) is 10.6 Å². The number of carboxylic acid groups (broad SMARTS) is 1. The number of sulfonamides is 1. The Morgan fingerprint density at radius 2 is 2.25 bits per heavy atom. The fraction of sp³-hybridized carbons (Fsp3) is 0.444. The van der Waals surface area contributed by atoms with Crippen molar-refractivity contribution in [2.24, 2.45) is 0 Å². The van der Waals surface area contributed by atoms with Crippen LogP contribution in [0.2, 0.25) is 0 Å². The summed E-state index contributed by atoms with van der Waals surface area (Å²) in [5.74, 6) is -1.19. The summed E-state index contributed by atoms with van der Waals surface area (Å²) in [6.07, 6.45) is 2.79. The number of H-pyrrole nitrogens is 1. The molecule has 3 N–H and O–H groups in total. The van der Waals surface area contributed by atoms with Crippen LogP contribution in [-0.4, -0.2) is 31.0 Å². The zero-order chi connectivity index (χ0) is 12.2. The molecular weight excluding hydrogens is 232 g/mol. The molecule has 1 aromatic heterocycles. The zero-order valence-corrected chi connectivity index (χ0v) is 9.67. The van der Waals surface area contributed by atoms with Crippen molar-refractivity contribution in [3.63, 3.8) is 0 Å². The van der Waals surface area contributed by atoms with Crippen LogP contribution < -0.4 is 4.72 Å². The summed E-state index contributed by atoms with van der Waals surface area (Å²) in [6.45, 7) is 2.31. The van der Waals surface area contributed by atoms with E-state index in [1.54, 1.807) is 0 Å². The normalized spacial score (nSPS) is 11.6. The van der Waals surface area contributed by atoms with Gasteiger partial charge in [-0.2, -0.15) is 0 Å². The van der Waals surface area contributed by atoms with Gasteiger partial charge in [0.2, 0.25) is 10.0 Å². The van der Waals surface area contributed by atoms with Crippen LogP contribution in [0.4, 0.5) is 0 Å². The highest BCUT2D eigenvalue weighted by atomic mass is 32.2. The van der Waals surface area contributed by atoms with Gasteiger partial charge in [-0.3, -0.25) is 0 Å². The Bertz CT molecular complexity index is 464. The minimum absolute atomic E-state index is 0.0546. The summed E-state index contributed by atoms with van der Waals surface area (Å²) in [5.41, 5.74) is -0.143. The van der Waals surface area contributed by atoms with Crippen LogP contribution in [0.1, 0.15) is 30.3 Å². The van der Waals surface area contributed by atoms with E-state index in [4.69, 9.17) is 5.11 Å². The molecule has 0 saturated carbocycles. The van der Waals surface area contributed by atoms with E-state index in [1.807, 2.05) is 6.92 Å². The smallest absolute Gasteiger partial charge is 0.352 e. The maximum absolute atomic E-state index is 11.6. The second kappa shape index (κ2) is 5.13. The van der Waals surface area contributed by atoms with Crippen molar-refractivity contribution >= 4 is 16.0 Å². The molecule has 0 saturated heterocycles. The van der Waals surface area contributed by atoms with Crippen LogP contribution in [0.25, 0.3) is 0 Å². The van der Waals surface area contributed by atoms with Crippen molar-refractivity contribution in [1.29, 1.82) is 0 Å². The molecule has 0 aliphatic carbocycles. The predicted octanol–water partition coefficient (Wildman–Crippen LogP) is 0.791. The lowest BCUT2D eigenvalue weighted by molar-refractivity contribution is 0.0691. The third-order valence-corrected chi connectivity index (χ3v) is 3.46. The molecule has 0 amide bonds. The quantitative estimate of drug-likeness (QED) is 0.646. The number of rotatable bonds is 6. The molecule has 0 aliphatic rings. The van der Waals surface area contributed by atoms with Gasteiger partial charge in [0.1, 0.15) is 10.6 Å². The predicted molar refractivity (Wildman–Crippen MR) is 57.8 cm³/mol. The van der Waals surface area contributed by atoms with E-state index in [0.29, 0.717) is 6.54 Å². The van der Waals surface area contributed by atoms with E-state index in [2.05, 4.69) is 9.71 Å². The van der Waals surface area contributed by atoms with Gasteiger partial charge in [-0.15, -0.1) is 0 Å². The Morgan fingerprint density at radius 3 is 2.75 bits per heavy atom. The number of carbonyl (C=O) groups is 1. The molecule has 90 valence electrons. The molecule has 0 spiro atoms. The summed E-state index contributed by atoms with van der Waals surface area (Å²) < 4.78 is 25.6. The first-order valence-corrected chi connectivity index (χ1v) is 6.37. The van der Waals surface area contributed by atoms with Crippen molar-refractivity contribution in [3.05, 3.63) is 18.0 Å². The third kappa shape index (κ3) is 3.07. The van der Waals surface area contributed by atoms with Crippen molar-refractivity contribution in [3.8, 4) is 0 Å². The van der Waals surface area contributed by atoms with Gasteiger partial charge in [0.05, 0.1) is 0 Å². The standard InChI is InChI=1S/C9H14N2O4S/c1-2-3-4-11-16(14,15)7-5-8(9(12)13)10-6-7/h5-6,10-11H,2-4H2,1H3,(H,12,13). The Kier molecular flexibility index (Phi) is 4.08. The molecule has 1 heterocycles. The second-order valence-corrected chi connectivity index (χ2v) is 5.07. The first kappa shape index (κ1) is 12.7. The SMILES string of the molecule is CCCCNS(=O)(=O)c1c[nH]c(C(=O)O)c1. The van der Waals surface area contributed by atoms with Crippen LogP contribution in [0, 0.1) is 0 Å². The van der Waals surface area contributed by atoms with Crippen molar-refractivity contribution in [2.45, 2.75) is 24.7 Å². The fourth-order valence-corrected chi connectivity index (χ4v) is 2.19. The van der Waals surface area contributed by atoms with Gasteiger partial charge in [0.25, 0.3) is 0 Å². The molecule has 0 bridgehead atoms. The second-order valence-electron chi connectivity index (χ2n) is 3.31. The van der Waals surface area contributed by atoms with E-state index in [1.165, 1.54) is 0 Å². The van der Waals surface area contributed by atoms with Crippen LogP contribution >= 0.6 is 0 Å². The number of aromatic amines is 1. The maximum atomic E-state index is 11.6. The monoisotopic (exact) mass is 246 g/mol. The van der Waals surface area contributed by atoms with Crippen LogP contribution in [0.3, 0.4) is 0 Å². The highest BCUT2D eigenvalue weighted by molar-refractivity contribution is 7.89. The molecule has 0 aliphatic heterocycles. The molecule has 0 radical (unpaired) electrons. The average Bonchev–Trinajstić information content (AvgIpc) is 2.67. The highest BCUT2D eigenvalue weighted by Gasteiger charge is 2.17. The van der Waals surface area contributed by atoms with E-state index >= 15 is 0 Å². The third-order valence-electron chi connectivity index (χ3n) is 2.02. The first-order valence-electron chi connectivity index (χ1n) is 4.88. The number of aromatic nitrogens is 1. The number of aromatic carboxylic acids is 1. The Balaban J connectivity index is 2.78. The van der Waals surface area contributed by atoms with Crippen molar-refractivity contribution < 1.29 is 18.3 Å². The van der Waals surface area contributed by atoms with Crippen LogP contribution in [-0.2, 0) is 10.0 Å². The molecule has 0 aromatic carbocycles. The van der Waals surface area contributed by atoms with E-state index in [9.17, 15) is 13.2 Å². The first-order chi connectivity index (χ1) is 7.47. The number of hydrogen-bond donors (Lipinski definition) is 3. The number of hydrogen-bond acceptors (Lipinski definition) is 3. The van der Waals surface area contributed by atoms with Crippen molar-refractivity contribution in [2.75, 3.05) is 6.54 Å². The van der Waals surface area contributed by atoms with Gasteiger partial charge in [0.15, 0.2) is 0 Å². The Labute approximate surface area is 93.7 Å². The van der Waals surface area contributed by atoms with Gasteiger partial charge in [-0.1, -0.05) is 13.3 Å². The fourth-order valence-electron chi connectivity index (χ4n) is 1.12. The number of unbranched alkanes of at least 4 members (excludes halogenated alkanes) is 1. The summed E-state index contributed by atoms with van der Waals surface area (Å²) in [6, 6.07) is 1.09. The lowest BCUT2D eigenvalue weighted by Gasteiger charge is -2.02. The Hall–Kier alpha value is -1.34. The summed E-state index contributed by atoms with van der Waals surface area (Å²) in [4.78, 5) is 12.9. The molecule has 6 nitrogen and oxygen atoms in total. The molecule has 7 heteroatoms. The van der Waals surface area contributed by atoms with Crippen LogP contribution in [0.15, 0.2) is 17.2 Å². The van der Waals surface area contributed by atoms with Gasteiger partial charge in [0, 0.05) is 12.7 Å². The summed E-state index contributed by atoms with van der Waals surface area (Å²) in [7, 11) is -3.59. The van der Waals surface area contributed by atoms with Crippen LogP contribution in [0.5, 0.6) is 0 Å². The van der Waals surface area contributed by atoms with E-state index in [0.717, 1.165) is 25.1 Å².